The number of nitrogens with one attached hydrogen (secondary N) is 1. The van der Waals surface area contributed by atoms with Gasteiger partial charge >= 0.3 is 0 Å². The molecule has 35 heavy (non-hydrogen) atoms. The number of hydrogen-bond acceptors (Lipinski definition) is 4. The number of carbonyl (C=O) groups excluding carboxylic acids is 1. The molecule has 4 heterocycles. The van der Waals surface area contributed by atoms with Crippen LogP contribution in [0.15, 0.2) is 53.4 Å². The fourth-order valence-corrected chi connectivity index (χ4v) is 4.53. The van der Waals surface area contributed by atoms with Gasteiger partial charge in [0.05, 0.1) is 5.54 Å². The summed E-state index contributed by atoms with van der Waals surface area (Å²) in [6.45, 7) is 15.0. The third-order valence-corrected chi connectivity index (χ3v) is 6.59. The summed E-state index contributed by atoms with van der Waals surface area (Å²) in [5.74, 6) is -2.79. The van der Waals surface area contributed by atoms with E-state index in [1.54, 1.807) is 11.0 Å². The van der Waals surface area contributed by atoms with Crippen LogP contribution in [0.4, 0.5) is 8.78 Å². The molecule has 2 aliphatic rings. The maximum atomic E-state index is 13.8. The van der Waals surface area contributed by atoms with Crippen LogP contribution < -0.4 is 5.32 Å². The second-order valence-electron chi connectivity index (χ2n) is 10.2. The van der Waals surface area contributed by atoms with Crippen molar-refractivity contribution < 1.29 is 13.6 Å². The highest BCUT2D eigenvalue weighted by Gasteiger charge is 2.37. The van der Waals surface area contributed by atoms with Crippen molar-refractivity contribution in [3.05, 3.63) is 59.7 Å². The molecule has 0 saturated carbocycles. The Hall–Kier alpha value is -3.29. The van der Waals surface area contributed by atoms with E-state index in [-0.39, 0.29) is 11.6 Å². The highest BCUT2D eigenvalue weighted by Crippen LogP contribution is 2.32. The minimum Gasteiger partial charge on any atom is -0.385 e. The van der Waals surface area contributed by atoms with E-state index in [9.17, 15) is 13.6 Å². The Kier molecular flexibility index (Phi) is 6.42. The van der Waals surface area contributed by atoms with Crippen LogP contribution in [0.1, 0.15) is 57.1 Å². The summed E-state index contributed by atoms with van der Waals surface area (Å²) in [6.07, 6.45) is 7.19. The normalized spacial score (nSPS) is 18.4. The number of carbonyl (C=O) groups is 1. The van der Waals surface area contributed by atoms with Gasteiger partial charge in [0.1, 0.15) is 17.0 Å². The lowest BCUT2D eigenvalue weighted by Gasteiger charge is -2.44. The van der Waals surface area contributed by atoms with Crippen molar-refractivity contribution in [2.45, 2.75) is 59.0 Å². The Labute approximate surface area is 205 Å². The molecule has 0 unspecified atom stereocenters. The van der Waals surface area contributed by atoms with Crippen molar-refractivity contribution in [1.82, 2.24) is 19.8 Å². The van der Waals surface area contributed by atoms with Crippen molar-refractivity contribution >= 4 is 28.7 Å². The zero-order chi connectivity index (χ0) is 25.5. The molecule has 0 atom stereocenters. The first-order chi connectivity index (χ1) is 16.4. The van der Waals surface area contributed by atoms with Crippen molar-refractivity contribution in [3.63, 3.8) is 0 Å². The van der Waals surface area contributed by atoms with Crippen LogP contribution in [0.5, 0.6) is 0 Å². The number of allylic oxidation sites excluding steroid dienone is 4. The van der Waals surface area contributed by atoms with Gasteiger partial charge in [-0.05, 0) is 43.9 Å². The number of aromatic nitrogens is 2. The predicted octanol–water partition coefficient (Wildman–Crippen LogP) is 5.43. The van der Waals surface area contributed by atoms with Crippen LogP contribution in [0.25, 0.3) is 16.6 Å². The highest BCUT2D eigenvalue weighted by molar-refractivity contribution is 6.15. The van der Waals surface area contributed by atoms with E-state index in [0.29, 0.717) is 43.3 Å². The zero-order valence-electron chi connectivity index (χ0n) is 21.0. The van der Waals surface area contributed by atoms with Gasteiger partial charge < -0.3 is 14.8 Å². The maximum absolute atomic E-state index is 13.8. The molecule has 8 heteroatoms. The smallest absolute Gasteiger partial charge is 0.286 e. The summed E-state index contributed by atoms with van der Waals surface area (Å²) in [5, 5.41) is 4.10. The van der Waals surface area contributed by atoms with E-state index in [2.05, 4.69) is 30.7 Å². The Bertz CT molecular complexity index is 1260. The molecule has 0 radical (unpaired) electrons. The fraction of sp³-hybridized carbons (Fsp3) is 0.444. The molecule has 1 amide bonds. The van der Waals surface area contributed by atoms with Crippen molar-refractivity contribution in [1.29, 1.82) is 0 Å². The summed E-state index contributed by atoms with van der Waals surface area (Å²) in [4.78, 5) is 24.2. The van der Waals surface area contributed by atoms with Crippen LogP contribution >= 0.6 is 0 Å². The summed E-state index contributed by atoms with van der Waals surface area (Å²) in [6, 6.07) is 3.64. The number of hydrogen-bond donors (Lipinski definition) is 1. The Morgan fingerprint density at radius 2 is 2.03 bits per heavy atom. The molecule has 0 aromatic carbocycles. The Morgan fingerprint density at radius 1 is 1.29 bits per heavy atom. The average molecular weight is 482 g/mol. The number of rotatable bonds is 5. The standard InChI is InChI=1S/C27H33F2N5O/c1-17(2)15-33-16-21(19-8-7-9-23(31-14-19)27(6,28)29)20-10-11-22(32-24(20)33)25(35)34-13-12-30-18(3)26(34,4)5/h8-11,14,16-17,30H,3,7,12-13,15H2,1-2,4-6H3. The summed E-state index contributed by atoms with van der Waals surface area (Å²) in [7, 11) is 0. The number of alkyl halides is 2. The topological polar surface area (TPSA) is 62.5 Å². The van der Waals surface area contributed by atoms with E-state index in [1.807, 2.05) is 36.8 Å². The first-order valence-electron chi connectivity index (χ1n) is 12.0. The molecule has 0 bridgehead atoms. The van der Waals surface area contributed by atoms with E-state index in [0.717, 1.165) is 29.1 Å². The molecule has 186 valence electrons. The third-order valence-electron chi connectivity index (χ3n) is 6.59. The molecule has 0 spiro atoms. The second-order valence-corrected chi connectivity index (χ2v) is 10.2. The Morgan fingerprint density at radius 3 is 2.71 bits per heavy atom. The highest BCUT2D eigenvalue weighted by atomic mass is 19.3. The monoisotopic (exact) mass is 481 g/mol. The van der Waals surface area contributed by atoms with Gasteiger partial charge in [0.15, 0.2) is 0 Å². The van der Waals surface area contributed by atoms with Gasteiger partial charge in [-0.3, -0.25) is 9.79 Å². The van der Waals surface area contributed by atoms with Gasteiger partial charge in [0.2, 0.25) is 0 Å². The number of halogens is 2. The van der Waals surface area contributed by atoms with Gasteiger partial charge in [0, 0.05) is 55.6 Å². The lowest BCUT2D eigenvalue weighted by Crippen LogP contribution is -2.58. The van der Waals surface area contributed by atoms with Crippen molar-refractivity contribution in [2.75, 3.05) is 13.1 Å². The number of amides is 1. The number of piperazine rings is 1. The molecule has 1 saturated heterocycles. The van der Waals surface area contributed by atoms with E-state index >= 15 is 0 Å². The van der Waals surface area contributed by atoms with Gasteiger partial charge in [-0.15, -0.1) is 0 Å². The molecule has 1 N–H and O–H groups in total. The van der Waals surface area contributed by atoms with Crippen LogP contribution in [0, 0.1) is 5.92 Å². The molecule has 6 nitrogen and oxygen atoms in total. The van der Waals surface area contributed by atoms with Gasteiger partial charge in [-0.25, -0.2) is 4.98 Å². The van der Waals surface area contributed by atoms with Gasteiger partial charge in [-0.1, -0.05) is 32.6 Å². The molecule has 2 aliphatic heterocycles. The fourth-order valence-electron chi connectivity index (χ4n) is 4.53. The molecular weight excluding hydrogens is 448 g/mol. The molecular formula is C27H33F2N5O. The molecule has 2 aromatic heterocycles. The zero-order valence-corrected chi connectivity index (χ0v) is 21.0. The predicted molar refractivity (Wildman–Crippen MR) is 137 cm³/mol. The molecule has 0 aliphatic carbocycles. The van der Waals surface area contributed by atoms with Crippen molar-refractivity contribution in [2.24, 2.45) is 10.9 Å². The number of pyridine rings is 1. The van der Waals surface area contributed by atoms with Gasteiger partial charge in [-0.2, -0.15) is 8.78 Å². The average Bonchev–Trinajstić information content (AvgIpc) is 2.94. The molecule has 4 rings (SSSR count). The van der Waals surface area contributed by atoms with E-state index in [1.165, 1.54) is 12.3 Å². The quantitative estimate of drug-likeness (QED) is 0.620. The van der Waals surface area contributed by atoms with Crippen LogP contribution in [-0.2, 0) is 6.54 Å². The minimum atomic E-state index is -2.99. The summed E-state index contributed by atoms with van der Waals surface area (Å²) >= 11 is 0. The number of aliphatic imine (C=N–C) groups is 1. The van der Waals surface area contributed by atoms with Crippen LogP contribution in [0.3, 0.4) is 0 Å². The van der Waals surface area contributed by atoms with Crippen LogP contribution in [0.2, 0.25) is 0 Å². The SMILES string of the molecule is C=C1NCCN(C(=O)c2ccc3c(C4=CCC=C(C(C)(F)F)N=C4)cn(CC(C)C)c3n2)C1(C)C. The maximum Gasteiger partial charge on any atom is 0.286 e. The van der Waals surface area contributed by atoms with Crippen LogP contribution in [-0.4, -0.2) is 51.1 Å². The Balaban J connectivity index is 1.75. The molecule has 2 aromatic rings. The second kappa shape index (κ2) is 9.06. The molecule has 1 fully saturated rings. The lowest BCUT2D eigenvalue weighted by molar-refractivity contribution is 0.0551. The first-order valence-corrected chi connectivity index (χ1v) is 12.0. The largest absolute Gasteiger partial charge is 0.385 e. The van der Waals surface area contributed by atoms with E-state index in [4.69, 9.17) is 4.98 Å². The minimum absolute atomic E-state index is 0.146. The van der Waals surface area contributed by atoms with Gasteiger partial charge in [0.25, 0.3) is 11.8 Å². The lowest BCUT2D eigenvalue weighted by atomic mass is 9.95. The van der Waals surface area contributed by atoms with E-state index < -0.39 is 11.5 Å². The number of nitrogens with zero attached hydrogens (tertiary/aromatic N) is 4. The third kappa shape index (κ3) is 4.79. The van der Waals surface area contributed by atoms with Crippen molar-refractivity contribution in [3.8, 4) is 0 Å². The summed E-state index contributed by atoms with van der Waals surface area (Å²) < 4.78 is 29.7. The first kappa shape index (κ1) is 24.8. The number of fused-ring (bicyclic) bond motifs is 1. The summed E-state index contributed by atoms with van der Waals surface area (Å²) in [5.41, 5.74) is 2.71.